The molecule has 8 heteroatoms. The number of aromatic amines is 1. The second-order valence-electron chi connectivity index (χ2n) is 5.13. The smallest absolute Gasteiger partial charge is 0.422 e. The van der Waals surface area contributed by atoms with E-state index in [1.54, 1.807) is 6.92 Å². The fraction of sp³-hybridized carbons (Fsp3) is 0.250. The van der Waals surface area contributed by atoms with Crippen LogP contribution in [0.5, 0.6) is 11.8 Å². The molecule has 2 aromatic heterocycles. The minimum Gasteiger partial charge on any atom is -0.484 e. The highest BCUT2D eigenvalue weighted by molar-refractivity contribution is 5.75. The number of benzene rings is 1. The Bertz CT molecular complexity index is 813. The number of nitrogens with one attached hydrogen (secondary N) is 1. The zero-order valence-electron chi connectivity index (χ0n) is 12.7. The van der Waals surface area contributed by atoms with Gasteiger partial charge in [-0.15, -0.1) is 0 Å². The molecule has 0 bridgehead atoms. The standard InChI is InChI=1S/C16H14F3N3O2/c1-10-13(20-7-6-14(10)24-9-16(17,18)19)8-23-15-21-11-4-2-3-5-12(11)22-15/h2-7H,8-9H2,1H3,(H,21,22). The van der Waals surface area contributed by atoms with E-state index in [1.807, 2.05) is 24.3 Å². The first-order valence-electron chi connectivity index (χ1n) is 7.14. The van der Waals surface area contributed by atoms with E-state index in [-0.39, 0.29) is 12.4 Å². The molecule has 2 heterocycles. The van der Waals surface area contributed by atoms with Gasteiger partial charge in [-0.2, -0.15) is 18.2 Å². The molecule has 0 aliphatic carbocycles. The average Bonchev–Trinajstić information content (AvgIpc) is 2.95. The first-order chi connectivity index (χ1) is 11.4. The number of ether oxygens (including phenoxy) is 2. The van der Waals surface area contributed by atoms with Gasteiger partial charge in [-0.1, -0.05) is 12.1 Å². The van der Waals surface area contributed by atoms with Crippen molar-refractivity contribution in [1.82, 2.24) is 15.0 Å². The van der Waals surface area contributed by atoms with Crippen molar-refractivity contribution in [2.45, 2.75) is 19.7 Å². The van der Waals surface area contributed by atoms with Crippen LogP contribution in [0.1, 0.15) is 11.3 Å². The topological polar surface area (TPSA) is 60.0 Å². The van der Waals surface area contributed by atoms with Crippen molar-refractivity contribution in [1.29, 1.82) is 0 Å². The first kappa shape index (κ1) is 16.1. The lowest BCUT2D eigenvalue weighted by Gasteiger charge is -2.13. The Kier molecular flexibility index (Phi) is 4.28. The largest absolute Gasteiger partial charge is 0.484 e. The van der Waals surface area contributed by atoms with Gasteiger partial charge in [0, 0.05) is 11.8 Å². The van der Waals surface area contributed by atoms with Crippen LogP contribution >= 0.6 is 0 Å². The second kappa shape index (κ2) is 6.38. The molecule has 0 aliphatic rings. The van der Waals surface area contributed by atoms with E-state index < -0.39 is 12.8 Å². The molecule has 0 atom stereocenters. The zero-order chi connectivity index (χ0) is 17.2. The average molecular weight is 337 g/mol. The van der Waals surface area contributed by atoms with Crippen molar-refractivity contribution in [2.24, 2.45) is 0 Å². The van der Waals surface area contributed by atoms with E-state index in [1.165, 1.54) is 12.3 Å². The van der Waals surface area contributed by atoms with Crippen LogP contribution in [0.4, 0.5) is 13.2 Å². The van der Waals surface area contributed by atoms with E-state index in [2.05, 4.69) is 15.0 Å². The lowest BCUT2D eigenvalue weighted by atomic mass is 10.2. The van der Waals surface area contributed by atoms with E-state index in [9.17, 15) is 13.2 Å². The summed E-state index contributed by atoms with van der Waals surface area (Å²) < 4.78 is 47.1. The zero-order valence-corrected chi connectivity index (χ0v) is 12.7. The van der Waals surface area contributed by atoms with Gasteiger partial charge in [0.05, 0.1) is 16.7 Å². The molecule has 0 spiro atoms. The summed E-state index contributed by atoms with van der Waals surface area (Å²) in [5, 5.41) is 0. The van der Waals surface area contributed by atoms with Gasteiger partial charge in [-0.3, -0.25) is 4.98 Å². The van der Waals surface area contributed by atoms with Crippen LogP contribution in [0, 0.1) is 6.92 Å². The van der Waals surface area contributed by atoms with Gasteiger partial charge in [0.15, 0.2) is 6.61 Å². The van der Waals surface area contributed by atoms with Gasteiger partial charge < -0.3 is 14.5 Å². The predicted molar refractivity (Wildman–Crippen MR) is 80.9 cm³/mol. The highest BCUT2D eigenvalue weighted by atomic mass is 19.4. The molecule has 0 amide bonds. The molecule has 3 rings (SSSR count). The second-order valence-corrected chi connectivity index (χ2v) is 5.13. The lowest BCUT2D eigenvalue weighted by molar-refractivity contribution is -0.153. The lowest BCUT2D eigenvalue weighted by Crippen LogP contribution is -2.20. The number of pyridine rings is 1. The van der Waals surface area contributed by atoms with Gasteiger partial charge in [0.2, 0.25) is 0 Å². The fourth-order valence-corrected chi connectivity index (χ4v) is 2.15. The first-order valence-corrected chi connectivity index (χ1v) is 7.14. The van der Waals surface area contributed by atoms with Gasteiger partial charge in [-0.25, -0.2) is 0 Å². The van der Waals surface area contributed by atoms with Gasteiger partial charge in [0.25, 0.3) is 6.01 Å². The van der Waals surface area contributed by atoms with Crippen LogP contribution in [0.2, 0.25) is 0 Å². The van der Waals surface area contributed by atoms with Gasteiger partial charge in [-0.05, 0) is 25.1 Å². The number of nitrogens with zero attached hydrogens (tertiary/aromatic N) is 2. The van der Waals surface area contributed by atoms with Crippen LogP contribution in [0.15, 0.2) is 36.5 Å². The summed E-state index contributed by atoms with van der Waals surface area (Å²) >= 11 is 0. The fourth-order valence-electron chi connectivity index (χ4n) is 2.15. The maximum absolute atomic E-state index is 12.3. The van der Waals surface area contributed by atoms with E-state index in [0.29, 0.717) is 17.3 Å². The van der Waals surface area contributed by atoms with Crippen LogP contribution in [0.3, 0.4) is 0 Å². The summed E-state index contributed by atoms with van der Waals surface area (Å²) in [5.74, 6) is 0.130. The number of para-hydroxylation sites is 2. The molecule has 3 aromatic rings. The summed E-state index contributed by atoms with van der Waals surface area (Å²) in [5.41, 5.74) is 2.58. The minimum atomic E-state index is -4.39. The Labute approximate surface area is 135 Å². The van der Waals surface area contributed by atoms with E-state index in [0.717, 1.165) is 11.0 Å². The van der Waals surface area contributed by atoms with Crippen molar-refractivity contribution in [3.8, 4) is 11.8 Å². The number of hydrogen-bond acceptors (Lipinski definition) is 4. The Morgan fingerprint density at radius 2 is 1.92 bits per heavy atom. The maximum atomic E-state index is 12.3. The molecule has 24 heavy (non-hydrogen) atoms. The number of halogens is 3. The molecule has 5 nitrogen and oxygen atoms in total. The molecule has 1 N–H and O–H groups in total. The normalized spacial score (nSPS) is 11.7. The molecule has 1 aromatic carbocycles. The molecular weight excluding hydrogens is 323 g/mol. The van der Waals surface area contributed by atoms with Crippen LogP contribution in [-0.4, -0.2) is 27.7 Å². The third-order valence-corrected chi connectivity index (χ3v) is 3.36. The minimum absolute atomic E-state index is 0.0644. The monoisotopic (exact) mass is 337 g/mol. The molecule has 0 fully saturated rings. The number of imidazole rings is 1. The quantitative estimate of drug-likeness (QED) is 0.769. The Hall–Kier alpha value is -2.77. The van der Waals surface area contributed by atoms with Crippen molar-refractivity contribution in [3.63, 3.8) is 0 Å². The van der Waals surface area contributed by atoms with Crippen LogP contribution < -0.4 is 9.47 Å². The summed E-state index contributed by atoms with van der Waals surface area (Å²) in [6.07, 6.45) is -3.00. The SMILES string of the molecule is Cc1c(OCC(F)(F)F)ccnc1COc1nc2ccccc2[nH]1. The highest BCUT2D eigenvalue weighted by Crippen LogP contribution is 2.24. The number of alkyl halides is 3. The predicted octanol–water partition coefficient (Wildman–Crippen LogP) is 3.79. The van der Waals surface area contributed by atoms with Crippen LogP contribution in [0.25, 0.3) is 11.0 Å². The molecule has 0 saturated carbocycles. The van der Waals surface area contributed by atoms with Crippen molar-refractivity contribution < 1.29 is 22.6 Å². The van der Waals surface area contributed by atoms with Gasteiger partial charge >= 0.3 is 6.18 Å². The van der Waals surface area contributed by atoms with E-state index >= 15 is 0 Å². The Balaban J connectivity index is 1.70. The number of fused-ring (bicyclic) bond motifs is 1. The third-order valence-electron chi connectivity index (χ3n) is 3.36. The van der Waals surface area contributed by atoms with Crippen molar-refractivity contribution in [3.05, 3.63) is 47.8 Å². The summed E-state index contributed by atoms with van der Waals surface area (Å²) in [6.45, 7) is 0.354. The Morgan fingerprint density at radius 1 is 1.12 bits per heavy atom. The summed E-state index contributed by atoms with van der Waals surface area (Å²) in [7, 11) is 0. The highest BCUT2D eigenvalue weighted by Gasteiger charge is 2.28. The summed E-state index contributed by atoms with van der Waals surface area (Å²) in [4.78, 5) is 11.4. The molecule has 0 aliphatic heterocycles. The summed E-state index contributed by atoms with van der Waals surface area (Å²) in [6, 6.07) is 9.15. The maximum Gasteiger partial charge on any atom is 0.422 e. The molecule has 0 unspecified atom stereocenters. The Morgan fingerprint density at radius 3 is 2.67 bits per heavy atom. The molecule has 0 saturated heterocycles. The molecular formula is C16H14F3N3O2. The van der Waals surface area contributed by atoms with Crippen LogP contribution in [-0.2, 0) is 6.61 Å². The third kappa shape index (κ3) is 3.76. The van der Waals surface area contributed by atoms with Crippen molar-refractivity contribution >= 4 is 11.0 Å². The number of aromatic nitrogens is 3. The number of rotatable bonds is 5. The van der Waals surface area contributed by atoms with Gasteiger partial charge in [0.1, 0.15) is 12.4 Å². The molecule has 126 valence electrons. The number of H-pyrrole nitrogens is 1. The van der Waals surface area contributed by atoms with E-state index in [4.69, 9.17) is 9.47 Å². The number of hydrogen-bond donors (Lipinski definition) is 1. The molecule has 0 radical (unpaired) electrons. The van der Waals surface area contributed by atoms with Crippen molar-refractivity contribution in [2.75, 3.05) is 6.61 Å².